The maximum atomic E-state index is 12.8. The molecule has 1 unspecified atom stereocenters. The number of hydrogen-bond donors (Lipinski definition) is 1. The third kappa shape index (κ3) is 5.47. The molecule has 8 heteroatoms. The van der Waals surface area contributed by atoms with Crippen molar-refractivity contribution in [3.05, 3.63) is 30.1 Å². The molecule has 1 aromatic rings. The van der Waals surface area contributed by atoms with E-state index in [1.807, 2.05) is 0 Å². The Balaban J connectivity index is 1.69. The van der Waals surface area contributed by atoms with Crippen molar-refractivity contribution in [3.8, 4) is 0 Å². The SMILES string of the molecule is CS(=O)(=O)N1CCCC1C(=O)NCCCSc1ccc(F)cc1. The van der Waals surface area contributed by atoms with Gasteiger partial charge >= 0.3 is 0 Å². The number of hydrogen-bond acceptors (Lipinski definition) is 4. The smallest absolute Gasteiger partial charge is 0.238 e. The zero-order valence-electron chi connectivity index (χ0n) is 13.0. The molecule has 1 aromatic carbocycles. The van der Waals surface area contributed by atoms with E-state index in [-0.39, 0.29) is 11.7 Å². The Morgan fingerprint density at radius 3 is 2.74 bits per heavy atom. The van der Waals surface area contributed by atoms with Crippen molar-refractivity contribution in [2.75, 3.05) is 25.1 Å². The minimum absolute atomic E-state index is 0.222. The first kappa shape index (κ1) is 18.2. The van der Waals surface area contributed by atoms with E-state index in [9.17, 15) is 17.6 Å². The topological polar surface area (TPSA) is 66.5 Å². The van der Waals surface area contributed by atoms with Gasteiger partial charge in [0.15, 0.2) is 0 Å². The van der Waals surface area contributed by atoms with Gasteiger partial charge in [0.1, 0.15) is 11.9 Å². The van der Waals surface area contributed by atoms with Crippen molar-refractivity contribution < 1.29 is 17.6 Å². The Morgan fingerprint density at radius 1 is 1.39 bits per heavy atom. The number of rotatable bonds is 7. The van der Waals surface area contributed by atoms with Crippen LogP contribution >= 0.6 is 11.8 Å². The number of sulfonamides is 1. The molecule has 1 aliphatic heterocycles. The second-order valence-corrected chi connectivity index (χ2v) is 8.58. The zero-order valence-corrected chi connectivity index (χ0v) is 14.6. The second kappa shape index (κ2) is 8.12. The van der Waals surface area contributed by atoms with Crippen LogP contribution in [0.5, 0.6) is 0 Å². The predicted molar refractivity (Wildman–Crippen MR) is 89.3 cm³/mol. The van der Waals surface area contributed by atoms with E-state index in [1.54, 1.807) is 23.9 Å². The normalized spacial score (nSPS) is 19.0. The monoisotopic (exact) mass is 360 g/mol. The Labute approximate surface area is 140 Å². The summed E-state index contributed by atoms with van der Waals surface area (Å²) in [4.78, 5) is 13.1. The van der Waals surface area contributed by atoms with Gasteiger partial charge in [-0.2, -0.15) is 4.31 Å². The van der Waals surface area contributed by atoms with Crippen molar-refractivity contribution in [1.29, 1.82) is 0 Å². The molecular weight excluding hydrogens is 339 g/mol. The van der Waals surface area contributed by atoms with Crippen molar-refractivity contribution in [1.82, 2.24) is 9.62 Å². The lowest BCUT2D eigenvalue weighted by Gasteiger charge is -2.21. The molecule has 1 amide bonds. The molecule has 0 aromatic heterocycles. The molecule has 2 rings (SSSR count). The number of nitrogens with zero attached hydrogens (tertiary/aromatic N) is 1. The summed E-state index contributed by atoms with van der Waals surface area (Å²) in [6.45, 7) is 0.915. The molecule has 0 saturated carbocycles. The predicted octanol–water partition coefficient (Wildman–Crippen LogP) is 1.85. The highest BCUT2D eigenvalue weighted by atomic mass is 32.2. The lowest BCUT2D eigenvalue weighted by atomic mass is 10.2. The highest BCUT2D eigenvalue weighted by molar-refractivity contribution is 7.99. The summed E-state index contributed by atoms with van der Waals surface area (Å²) in [6, 6.07) is 5.71. The number of halogens is 1. The number of carbonyl (C=O) groups excluding carboxylic acids is 1. The fraction of sp³-hybridized carbons (Fsp3) is 0.533. The van der Waals surface area contributed by atoms with E-state index in [0.717, 1.165) is 23.3 Å². The van der Waals surface area contributed by atoms with Gasteiger partial charge in [0, 0.05) is 18.0 Å². The number of amides is 1. The fourth-order valence-electron chi connectivity index (χ4n) is 2.52. The Morgan fingerprint density at radius 2 is 2.09 bits per heavy atom. The quantitative estimate of drug-likeness (QED) is 0.595. The first-order valence-corrected chi connectivity index (χ1v) is 10.3. The average molecular weight is 360 g/mol. The molecule has 1 aliphatic rings. The molecule has 1 fully saturated rings. The van der Waals surface area contributed by atoms with Gasteiger partial charge in [-0.15, -0.1) is 11.8 Å². The Bertz CT molecular complexity index is 635. The van der Waals surface area contributed by atoms with Gasteiger partial charge in [0.2, 0.25) is 15.9 Å². The van der Waals surface area contributed by atoms with Gasteiger partial charge in [0.05, 0.1) is 6.26 Å². The lowest BCUT2D eigenvalue weighted by molar-refractivity contribution is -0.124. The van der Waals surface area contributed by atoms with E-state index >= 15 is 0 Å². The largest absolute Gasteiger partial charge is 0.355 e. The minimum atomic E-state index is -3.33. The molecule has 0 spiro atoms. The molecular formula is C15H21FN2O3S2. The summed E-state index contributed by atoms with van der Waals surface area (Å²) < 4.78 is 37.3. The Hall–Kier alpha value is -1.12. The number of benzene rings is 1. The van der Waals surface area contributed by atoms with Crippen LogP contribution in [0.1, 0.15) is 19.3 Å². The molecule has 0 aliphatic carbocycles. The van der Waals surface area contributed by atoms with Crippen molar-refractivity contribution in [2.45, 2.75) is 30.2 Å². The number of carbonyl (C=O) groups is 1. The van der Waals surface area contributed by atoms with Crippen LogP contribution < -0.4 is 5.32 Å². The van der Waals surface area contributed by atoms with Crippen LogP contribution in [0.3, 0.4) is 0 Å². The molecule has 1 atom stereocenters. The first-order chi connectivity index (χ1) is 10.9. The van der Waals surface area contributed by atoms with Crippen LogP contribution in [0.15, 0.2) is 29.2 Å². The lowest BCUT2D eigenvalue weighted by Crippen LogP contribution is -2.45. The summed E-state index contributed by atoms with van der Waals surface area (Å²) in [6.07, 6.45) is 3.19. The number of nitrogens with one attached hydrogen (secondary N) is 1. The number of thioether (sulfide) groups is 1. The van der Waals surface area contributed by atoms with Gasteiger partial charge in [0.25, 0.3) is 0 Å². The molecule has 128 valence electrons. The zero-order chi connectivity index (χ0) is 16.9. The van der Waals surface area contributed by atoms with Crippen molar-refractivity contribution in [2.24, 2.45) is 0 Å². The van der Waals surface area contributed by atoms with Crippen molar-refractivity contribution in [3.63, 3.8) is 0 Å². The van der Waals surface area contributed by atoms with Crippen LogP contribution in [0.4, 0.5) is 4.39 Å². The molecule has 23 heavy (non-hydrogen) atoms. The Kier molecular flexibility index (Phi) is 6.43. The van der Waals surface area contributed by atoms with Gasteiger partial charge < -0.3 is 5.32 Å². The fourth-order valence-corrected chi connectivity index (χ4v) is 4.50. The van der Waals surface area contributed by atoms with E-state index in [2.05, 4.69) is 5.32 Å². The molecule has 0 bridgehead atoms. The average Bonchev–Trinajstić information content (AvgIpc) is 2.98. The third-order valence-corrected chi connectivity index (χ3v) is 6.02. The van der Waals surface area contributed by atoms with Gasteiger partial charge in [-0.25, -0.2) is 12.8 Å². The van der Waals surface area contributed by atoms with Gasteiger partial charge in [-0.1, -0.05) is 0 Å². The van der Waals surface area contributed by atoms with Crippen LogP contribution in [0.2, 0.25) is 0 Å². The van der Waals surface area contributed by atoms with Gasteiger partial charge in [-0.3, -0.25) is 4.79 Å². The maximum Gasteiger partial charge on any atom is 0.238 e. The molecule has 0 radical (unpaired) electrons. The first-order valence-electron chi connectivity index (χ1n) is 7.51. The van der Waals surface area contributed by atoms with E-state index in [0.29, 0.717) is 25.9 Å². The highest BCUT2D eigenvalue weighted by Gasteiger charge is 2.36. The molecule has 1 saturated heterocycles. The summed E-state index contributed by atoms with van der Waals surface area (Å²) in [5.74, 6) is 0.320. The summed E-state index contributed by atoms with van der Waals surface area (Å²) in [5.41, 5.74) is 0. The van der Waals surface area contributed by atoms with Gasteiger partial charge in [-0.05, 0) is 49.3 Å². The van der Waals surface area contributed by atoms with Crippen LogP contribution in [-0.4, -0.2) is 49.8 Å². The molecule has 1 heterocycles. The third-order valence-electron chi connectivity index (χ3n) is 3.64. The molecule has 1 N–H and O–H groups in total. The maximum absolute atomic E-state index is 12.8. The summed E-state index contributed by atoms with van der Waals surface area (Å²) in [5, 5.41) is 2.80. The van der Waals surface area contributed by atoms with Crippen LogP contribution in [0.25, 0.3) is 0 Å². The molecule has 5 nitrogen and oxygen atoms in total. The van der Waals surface area contributed by atoms with E-state index in [1.165, 1.54) is 16.4 Å². The standard InChI is InChI=1S/C15H21FN2O3S2/c1-23(20,21)18-10-2-4-14(18)15(19)17-9-3-11-22-13-7-5-12(16)6-8-13/h5-8,14H,2-4,9-11H2,1H3,(H,17,19). The van der Waals surface area contributed by atoms with Crippen LogP contribution in [0, 0.1) is 5.82 Å². The summed E-state index contributed by atoms with van der Waals surface area (Å²) in [7, 11) is -3.33. The van der Waals surface area contributed by atoms with Crippen molar-refractivity contribution >= 4 is 27.7 Å². The second-order valence-electron chi connectivity index (χ2n) is 5.48. The van der Waals surface area contributed by atoms with E-state index < -0.39 is 16.1 Å². The minimum Gasteiger partial charge on any atom is -0.355 e. The van der Waals surface area contributed by atoms with E-state index in [4.69, 9.17) is 0 Å². The van der Waals surface area contributed by atoms with Crippen LogP contribution in [-0.2, 0) is 14.8 Å². The highest BCUT2D eigenvalue weighted by Crippen LogP contribution is 2.21. The summed E-state index contributed by atoms with van der Waals surface area (Å²) >= 11 is 1.59.